The summed E-state index contributed by atoms with van der Waals surface area (Å²) in [6, 6.07) is 0.354. The minimum atomic E-state index is 0.173. The number of rotatable bonds is 4. The molecule has 1 amide bonds. The van der Waals surface area contributed by atoms with Gasteiger partial charge in [0.2, 0.25) is 5.91 Å². The SMILES string of the molecule is CCc1nc(CC(=O)N(C)C2CCNC2)cs1. The molecule has 2 heterocycles. The summed E-state index contributed by atoms with van der Waals surface area (Å²) in [7, 11) is 1.90. The van der Waals surface area contributed by atoms with Crippen LogP contribution in [0.3, 0.4) is 0 Å². The van der Waals surface area contributed by atoms with Crippen LogP contribution in [0.1, 0.15) is 24.0 Å². The molecule has 1 aliphatic heterocycles. The first-order chi connectivity index (χ1) is 8.20. The van der Waals surface area contributed by atoms with Gasteiger partial charge in [-0.3, -0.25) is 4.79 Å². The average molecular weight is 253 g/mol. The standard InChI is InChI=1S/C12H19N3OS/c1-3-11-14-9(8-17-11)6-12(16)15(2)10-4-5-13-7-10/h8,10,13H,3-7H2,1-2H3. The van der Waals surface area contributed by atoms with Crippen LogP contribution in [-0.4, -0.2) is 42.0 Å². The van der Waals surface area contributed by atoms with Gasteiger partial charge in [0.15, 0.2) is 0 Å². The lowest BCUT2D eigenvalue weighted by molar-refractivity contribution is -0.130. The first-order valence-corrected chi connectivity index (χ1v) is 6.98. The van der Waals surface area contributed by atoms with Crippen LogP contribution >= 0.6 is 11.3 Å². The van der Waals surface area contributed by atoms with E-state index in [-0.39, 0.29) is 5.91 Å². The van der Waals surface area contributed by atoms with E-state index in [0.717, 1.165) is 36.6 Å². The molecule has 2 rings (SSSR count). The van der Waals surface area contributed by atoms with Crippen LogP contribution in [0.2, 0.25) is 0 Å². The normalized spacial score (nSPS) is 19.5. The maximum Gasteiger partial charge on any atom is 0.228 e. The van der Waals surface area contributed by atoms with E-state index in [1.165, 1.54) is 0 Å². The Hall–Kier alpha value is -0.940. The molecule has 0 aliphatic carbocycles. The number of thiazole rings is 1. The average Bonchev–Trinajstić information content (AvgIpc) is 2.98. The van der Waals surface area contributed by atoms with E-state index in [4.69, 9.17) is 0 Å². The van der Waals surface area contributed by atoms with E-state index < -0.39 is 0 Å². The Morgan fingerprint density at radius 3 is 3.12 bits per heavy atom. The van der Waals surface area contributed by atoms with E-state index >= 15 is 0 Å². The van der Waals surface area contributed by atoms with Gasteiger partial charge >= 0.3 is 0 Å². The summed E-state index contributed by atoms with van der Waals surface area (Å²) in [4.78, 5) is 18.4. The van der Waals surface area contributed by atoms with Crippen molar-refractivity contribution in [2.45, 2.75) is 32.2 Å². The van der Waals surface area contributed by atoms with Gasteiger partial charge < -0.3 is 10.2 Å². The van der Waals surface area contributed by atoms with Crippen molar-refractivity contribution in [3.8, 4) is 0 Å². The molecular formula is C12H19N3OS. The molecule has 1 atom stereocenters. The number of carbonyl (C=O) groups excluding carboxylic acids is 1. The van der Waals surface area contributed by atoms with Gasteiger partial charge in [-0.2, -0.15) is 0 Å². The zero-order valence-corrected chi connectivity index (χ0v) is 11.2. The number of nitrogens with zero attached hydrogens (tertiary/aromatic N) is 2. The Balaban J connectivity index is 1.91. The van der Waals surface area contributed by atoms with Crippen molar-refractivity contribution in [3.05, 3.63) is 16.1 Å². The number of hydrogen-bond donors (Lipinski definition) is 1. The fourth-order valence-electron chi connectivity index (χ4n) is 2.05. The van der Waals surface area contributed by atoms with E-state index in [1.807, 2.05) is 17.3 Å². The largest absolute Gasteiger partial charge is 0.341 e. The van der Waals surface area contributed by atoms with Crippen LogP contribution in [0.15, 0.2) is 5.38 Å². The molecule has 5 heteroatoms. The fraction of sp³-hybridized carbons (Fsp3) is 0.667. The highest BCUT2D eigenvalue weighted by molar-refractivity contribution is 7.09. The van der Waals surface area contributed by atoms with E-state index in [9.17, 15) is 4.79 Å². The predicted molar refractivity (Wildman–Crippen MR) is 69.2 cm³/mol. The fourth-order valence-corrected chi connectivity index (χ4v) is 2.79. The molecule has 0 bridgehead atoms. The molecule has 0 spiro atoms. The minimum absolute atomic E-state index is 0.173. The Labute approximate surface area is 106 Å². The van der Waals surface area contributed by atoms with Gasteiger partial charge in [0.25, 0.3) is 0 Å². The summed E-state index contributed by atoms with van der Waals surface area (Å²) in [5.74, 6) is 0.173. The maximum absolute atomic E-state index is 12.1. The molecule has 1 unspecified atom stereocenters. The Morgan fingerprint density at radius 2 is 2.53 bits per heavy atom. The van der Waals surface area contributed by atoms with Crippen LogP contribution in [0.4, 0.5) is 0 Å². The molecule has 94 valence electrons. The van der Waals surface area contributed by atoms with Gasteiger partial charge in [0.1, 0.15) is 0 Å². The summed E-state index contributed by atoms with van der Waals surface area (Å²) in [5, 5.41) is 6.38. The Kier molecular flexibility index (Phi) is 4.12. The lowest BCUT2D eigenvalue weighted by Gasteiger charge is -2.23. The third-order valence-corrected chi connectivity index (χ3v) is 4.25. The molecule has 1 fully saturated rings. The number of aryl methyl sites for hydroxylation is 1. The molecule has 0 aromatic carbocycles. The minimum Gasteiger partial charge on any atom is -0.341 e. The summed E-state index contributed by atoms with van der Waals surface area (Å²) in [5.41, 5.74) is 0.912. The Morgan fingerprint density at radius 1 is 1.71 bits per heavy atom. The van der Waals surface area contributed by atoms with Crippen molar-refractivity contribution >= 4 is 17.2 Å². The van der Waals surface area contributed by atoms with Gasteiger partial charge in [-0.25, -0.2) is 4.98 Å². The van der Waals surface area contributed by atoms with Gasteiger partial charge in [-0.05, 0) is 19.4 Å². The van der Waals surface area contributed by atoms with Crippen LogP contribution < -0.4 is 5.32 Å². The number of amides is 1. The lowest BCUT2D eigenvalue weighted by atomic mass is 10.2. The molecule has 1 saturated heterocycles. The smallest absolute Gasteiger partial charge is 0.228 e. The highest BCUT2D eigenvalue weighted by Crippen LogP contribution is 2.13. The van der Waals surface area contributed by atoms with Crippen molar-refractivity contribution in [1.29, 1.82) is 0 Å². The second-order valence-corrected chi connectivity index (χ2v) is 5.36. The van der Waals surface area contributed by atoms with Crippen LogP contribution in [-0.2, 0) is 17.6 Å². The van der Waals surface area contributed by atoms with Crippen LogP contribution in [0.25, 0.3) is 0 Å². The second-order valence-electron chi connectivity index (χ2n) is 4.41. The number of nitrogens with one attached hydrogen (secondary N) is 1. The van der Waals surface area contributed by atoms with Gasteiger partial charge in [-0.1, -0.05) is 6.92 Å². The van der Waals surface area contributed by atoms with Crippen LogP contribution in [0.5, 0.6) is 0 Å². The summed E-state index contributed by atoms with van der Waals surface area (Å²) >= 11 is 1.64. The van der Waals surface area contributed by atoms with Gasteiger partial charge in [-0.15, -0.1) is 11.3 Å². The van der Waals surface area contributed by atoms with Gasteiger partial charge in [0, 0.05) is 25.0 Å². The van der Waals surface area contributed by atoms with Crippen molar-refractivity contribution in [1.82, 2.24) is 15.2 Å². The van der Waals surface area contributed by atoms with E-state index in [2.05, 4.69) is 17.2 Å². The molecule has 17 heavy (non-hydrogen) atoms. The molecule has 0 saturated carbocycles. The molecule has 4 nitrogen and oxygen atoms in total. The Bertz CT molecular complexity index is 385. The topological polar surface area (TPSA) is 45.2 Å². The third kappa shape index (κ3) is 3.04. The molecule has 1 aromatic rings. The maximum atomic E-state index is 12.1. The predicted octanol–water partition coefficient (Wildman–Crippen LogP) is 1.07. The van der Waals surface area contributed by atoms with E-state index in [0.29, 0.717) is 12.5 Å². The number of likely N-dealkylation sites (N-methyl/N-ethyl adjacent to an activating group) is 1. The summed E-state index contributed by atoms with van der Waals surface area (Å²) in [6.45, 7) is 4.01. The second kappa shape index (κ2) is 5.60. The monoisotopic (exact) mass is 253 g/mol. The molecule has 1 N–H and O–H groups in total. The lowest BCUT2D eigenvalue weighted by Crippen LogP contribution is -2.39. The molecule has 0 radical (unpaired) electrons. The quantitative estimate of drug-likeness (QED) is 0.873. The molecule has 1 aliphatic rings. The van der Waals surface area contributed by atoms with Crippen molar-refractivity contribution in [3.63, 3.8) is 0 Å². The highest BCUT2D eigenvalue weighted by atomic mass is 32.1. The van der Waals surface area contributed by atoms with Gasteiger partial charge in [0.05, 0.1) is 17.1 Å². The van der Waals surface area contributed by atoms with Crippen molar-refractivity contribution < 1.29 is 4.79 Å². The van der Waals surface area contributed by atoms with Crippen LogP contribution in [0, 0.1) is 0 Å². The third-order valence-electron chi connectivity index (χ3n) is 3.21. The molecular weight excluding hydrogens is 234 g/mol. The highest BCUT2D eigenvalue weighted by Gasteiger charge is 2.23. The zero-order chi connectivity index (χ0) is 12.3. The molecule has 1 aromatic heterocycles. The number of aromatic nitrogens is 1. The number of hydrogen-bond acceptors (Lipinski definition) is 4. The zero-order valence-electron chi connectivity index (χ0n) is 10.4. The summed E-state index contributed by atoms with van der Waals surface area (Å²) in [6.07, 6.45) is 2.43. The van der Waals surface area contributed by atoms with Crippen molar-refractivity contribution in [2.24, 2.45) is 0 Å². The number of carbonyl (C=O) groups is 1. The van der Waals surface area contributed by atoms with Crippen molar-refractivity contribution in [2.75, 3.05) is 20.1 Å². The summed E-state index contributed by atoms with van der Waals surface area (Å²) < 4.78 is 0. The first-order valence-electron chi connectivity index (χ1n) is 6.10. The first kappa shape index (κ1) is 12.5. The van der Waals surface area contributed by atoms with E-state index in [1.54, 1.807) is 11.3 Å².